The maximum atomic E-state index is 6.28. The number of nitrogens with zero attached hydrogens (tertiary/aromatic N) is 3. The Morgan fingerprint density at radius 1 is 1.14 bits per heavy atom. The molecule has 4 rings (SSSR count). The van der Waals surface area contributed by atoms with Gasteiger partial charge in [0.2, 0.25) is 0 Å². The normalized spacial score (nSPS) is 11.8. The van der Waals surface area contributed by atoms with E-state index in [0.29, 0.717) is 11.3 Å². The molecule has 0 radical (unpaired) electrons. The average molecular weight is 389 g/mol. The molecule has 28 heavy (non-hydrogen) atoms. The molecule has 6 nitrogen and oxygen atoms in total. The molecule has 0 aliphatic carbocycles. The van der Waals surface area contributed by atoms with E-state index >= 15 is 0 Å². The largest absolute Gasteiger partial charge is 0.398 e. The van der Waals surface area contributed by atoms with Crippen molar-refractivity contribution in [2.45, 2.75) is 6.92 Å². The minimum atomic E-state index is 0.136. The highest BCUT2D eigenvalue weighted by Crippen LogP contribution is 2.32. The molecule has 0 bridgehead atoms. The van der Waals surface area contributed by atoms with Gasteiger partial charge in [-0.2, -0.15) is 0 Å². The van der Waals surface area contributed by atoms with Crippen molar-refractivity contribution in [2.24, 2.45) is 16.5 Å². The first kappa shape index (κ1) is 17.8. The lowest BCUT2D eigenvalue weighted by Gasteiger charge is -2.12. The molecular formula is C21H20N6S. The first-order valence-electron chi connectivity index (χ1n) is 8.66. The quantitative estimate of drug-likeness (QED) is 0.281. The summed E-state index contributed by atoms with van der Waals surface area (Å²) in [6.45, 7) is 5.61. The number of nitrogens with two attached hydrogens (primary N) is 3. The maximum Gasteiger partial charge on any atom is 0.155 e. The van der Waals surface area contributed by atoms with Crippen LogP contribution in [-0.4, -0.2) is 15.4 Å². The molecular weight excluding hydrogens is 368 g/mol. The van der Waals surface area contributed by atoms with Crippen molar-refractivity contribution < 1.29 is 0 Å². The summed E-state index contributed by atoms with van der Waals surface area (Å²) in [5, 5.41) is 2.04. The first-order valence-corrected chi connectivity index (χ1v) is 9.54. The minimum Gasteiger partial charge on any atom is -0.398 e. The SMILES string of the molecule is C=C(N)/N=C(/N)c1ccc(-n2c(-c3cccs3)nc3cc(C)ccc32)cc1N. The molecule has 0 saturated heterocycles. The molecule has 7 heteroatoms. The van der Waals surface area contributed by atoms with Crippen LogP contribution in [0.25, 0.3) is 27.4 Å². The van der Waals surface area contributed by atoms with Crippen molar-refractivity contribution in [2.75, 3.05) is 5.73 Å². The van der Waals surface area contributed by atoms with E-state index in [1.165, 1.54) is 0 Å². The lowest BCUT2D eigenvalue weighted by Crippen LogP contribution is -2.17. The maximum absolute atomic E-state index is 6.28. The van der Waals surface area contributed by atoms with Crippen LogP contribution >= 0.6 is 11.3 Å². The topological polar surface area (TPSA) is 108 Å². The Labute approximate surface area is 166 Å². The Kier molecular flexibility index (Phi) is 4.37. The predicted octanol–water partition coefficient (Wildman–Crippen LogP) is 3.78. The Morgan fingerprint density at radius 3 is 2.64 bits per heavy atom. The monoisotopic (exact) mass is 388 g/mol. The molecule has 0 aliphatic heterocycles. The standard InChI is InChI=1S/C21H20N6S/c1-12-5-8-18-17(10-12)26-21(19-4-3-9-28-19)27(18)14-6-7-15(16(23)11-14)20(24)25-13(2)22/h3-11H,2,22-23H2,1H3,(H2,24,25). The number of anilines is 1. The molecule has 0 unspecified atom stereocenters. The van der Waals surface area contributed by atoms with Crippen LogP contribution in [0.4, 0.5) is 5.69 Å². The lowest BCUT2D eigenvalue weighted by atomic mass is 10.1. The zero-order valence-corrected chi connectivity index (χ0v) is 16.2. The number of benzene rings is 2. The predicted molar refractivity (Wildman–Crippen MR) is 118 cm³/mol. The van der Waals surface area contributed by atoms with Crippen LogP contribution in [0.3, 0.4) is 0 Å². The van der Waals surface area contributed by atoms with E-state index < -0.39 is 0 Å². The number of fused-ring (bicyclic) bond motifs is 1. The Morgan fingerprint density at radius 2 is 1.96 bits per heavy atom. The third-order valence-corrected chi connectivity index (χ3v) is 5.25. The summed E-state index contributed by atoms with van der Waals surface area (Å²) in [6, 6.07) is 16.0. The fraction of sp³-hybridized carbons (Fsp3) is 0.0476. The summed E-state index contributed by atoms with van der Waals surface area (Å²) in [5.74, 6) is 1.25. The highest BCUT2D eigenvalue weighted by molar-refractivity contribution is 7.13. The zero-order valence-electron chi connectivity index (χ0n) is 15.4. The van der Waals surface area contributed by atoms with Gasteiger partial charge in [0.25, 0.3) is 0 Å². The number of hydrogen-bond acceptors (Lipinski definition) is 5. The molecule has 2 heterocycles. The van der Waals surface area contributed by atoms with Crippen molar-refractivity contribution in [3.8, 4) is 16.4 Å². The van der Waals surface area contributed by atoms with Gasteiger partial charge >= 0.3 is 0 Å². The van der Waals surface area contributed by atoms with E-state index in [-0.39, 0.29) is 11.7 Å². The molecule has 4 aromatic rings. The second-order valence-electron chi connectivity index (χ2n) is 6.50. The molecule has 2 aromatic carbocycles. The number of rotatable bonds is 4. The summed E-state index contributed by atoms with van der Waals surface area (Å²) in [6.07, 6.45) is 0. The number of hydrogen-bond donors (Lipinski definition) is 3. The van der Waals surface area contributed by atoms with Gasteiger partial charge in [0, 0.05) is 16.9 Å². The van der Waals surface area contributed by atoms with Crippen molar-refractivity contribution in [3.63, 3.8) is 0 Å². The van der Waals surface area contributed by atoms with E-state index in [4.69, 9.17) is 22.2 Å². The highest BCUT2D eigenvalue weighted by Gasteiger charge is 2.16. The van der Waals surface area contributed by atoms with Crippen molar-refractivity contribution in [3.05, 3.63) is 77.4 Å². The van der Waals surface area contributed by atoms with E-state index in [1.807, 2.05) is 29.6 Å². The number of thiophene rings is 1. The van der Waals surface area contributed by atoms with Gasteiger partial charge < -0.3 is 17.2 Å². The fourth-order valence-electron chi connectivity index (χ4n) is 3.16. The molecule has 6 N–H and O–H groups in total. The Balaban J connectivity index is 1.93. The van der Waals surface area contributed by atoms with Crippen molar-refractivity contribution >= 4 is 33.9 Å². The second-order valence-corrected chi connectivity index (χ2v) is 7.45. The summed E-state index contributed by atoms with van der Waals surface area (Å²) in [7, 11) is 0. The molecule has 0 aliphatic rings. The van der Waals surface area contributed by atoms with Crippen LogP contribution < -0.4 is 17.2 Å². The number of aromatic nitrogens is 2. The molecule has 0 amide bonds. The minimum absolute atomic E-state index is 0.136. The number of aliphatic imine (C=N–C) groups is 1. The Hall–Kier alpha value is -3.58. The van der Waals surface area contributed by atoms with Crippen molar-refractivity contribution in [1.82, 2.24) is 9.55 Å². The van der Waals surface area contributed by atoms with E-state index in [0.717, 1.165) is 33.0 Å². The third-order valence-electron chi connectivity index (χ3n) is 4.38. The van der Waals surface area contributed by atoms with E-state index in [1.54, 1.807) is 11.3 Å². The van der Waals surface area contributed by atoms with Gasteiger partial charge in [0.15, 0.2) is 5.82 Å². The number of imidazole rings is 1. The van der Waals surface area contributed by atoms with Crippen molar-refractivity contribution in [1.29, 1.82) is 0 Å². The molecule has 0 spiro atoms. The zero-order chi connectivity index (χ0) is 19.8. The lowest BCUT2D eigenvalue weighted by molar-refractivity contribution is 1.11. The van der Waals surface area contributed by atoms with E-state index in [2.05, 4.69) is 47.3 Å². The van der Waals surface area contributed by atoms with E-state index in [9.17, 15) is 0 Å². The molecule has 0 atom stereocenters. The van der Waals surface area contributed by atoms with Crippen LogP contribution in [0, 0.1) is 6.92 Å². The summed E-state index contributed by atoms with van der Waals surface area (Å²) >= 11 is 1.65. The molecule has 140 valence electrons. The molecule has 0 fully saturated rings. The van der Waals surface area contributed by atoms with Crippen LogP contribution in [0.5, 0.6) is 0 Å². The Bertz CT molecular complexity index is 1220. The van der Waals surface area contributed by atoms with Gasteiger partial charge in [0.05, 0.1) is 15.9 Å². The second kappa shape index (κ2) is 6.86. The summed E-state index contributed by atoms with van der Waals surface area (Å²) in [5.41, 5.74) is 22.9. The first-order chi connectivity index (χ1) is 13.4. The van der Waals surface area contributed by atoms with Gasteiger partial charge in [0.1, 0.15) is 11.7 Å². The van der Waals surface area contributed by atoms with Gasteiger partial charge in [-0.15, -0.1) is 11.3 Å². The van der Waals surface area contributed by atoms with Gasteiger partial charge in [-0.1, -0.05) is 18.7 Å². The third kappa shape index (κ3) is 3.12. The van der Waals surface area contributed by atoms with Gasteiger partial charge in [-0.25, -0.2) is 9.98 Å². The summed E-state index contributed by atoms with van der Waals surface area (Å²) in [4.78, 5) is 9.95. The van der Waals surface area contributed by atoms with Gasteiger partial charge in [-0.05, 0) is 54.3 Å². The van der Waals surface area contributed by atoms with Crippen LogP contribution in [0.2, 0.25) is 0 Å². The van der Waals surface area contributed by atoms with Crippen LogP contribution in [0.15, 0.2) is 71.3 Å². The summed E-state index contributed by atoms with van der Waals surface area (Å²) < 4.78 is 2.11. The fourth-order valence-corrected chi connectivity index (χ4v) is 3.86. The average Bonchev–Trinajstić information content (AvgIpc) is 3.27. The number of aryl methyl sites for hydroxylation is 1. The molecule has 2 aromatic heterocycles. The number of amidine groups is 1. The number of nitrogen functional groups attached to an aromatic ring is 1. The van der Waals surface area contributed by atoms with Crippen LogP contribution in [0.1, 0.15) is 11.1 Å². The smallest absolute Gasteiger partial charge is 0.155 e. The van der Waals surface area contributed by atoms with Crippen LogP contribution in [-0.2, 0) is 0 Å². The highest BCUT2D eigenvalue weighted by atomic mass is 32.1. The molecule has 0 saturated carbocycles. The van der Waals surface area contributed by atoms with Gasteiger partial charge in [-0.3, -0.25) is 4.57 Å².